The molecule has 26 heavy (non-hydrogen) atoms. The first kappa shape index (κ1) is 17.7. The Hall–Kier alpha value is -1.65. The van der Waals surface area contributed by atoms with Crippen LogP contribution in [0.25, 0.3) is 0 Å². The van der Waals surface area contributed by atoms with Crippen LogP contribution in [-0.4, -0.2) is 45.3 Å². The Morgan fingerprint density at radius 1 is 1.00 bits per heavy atom. The third-order valence-corrected chi connectivity index (χ3v) is 6.34. The second-order valence-electron chi connectivity index (χ2n) is 8.17. The number of fused-ring (bicyclic) bond motifs is 4. The first-order valence-electron chi connectivity index (χ1n) is 10.2. The average molecular weight is 353 g/mol. The summed E-state index contributed by atoms with van der Waals surface area (Å²) >= 11 is 0. The highest BCUT2D eigenvalue weighted by Crippen LogP contribution is 2.31. The predicted octanol–water partition coefficient (Wildman–Crippen LogP) is 3.62. The Kier molecular flexibility index (Phi) is 5.14. The first-order chi connectivity index (χ1) is 12.6. The van der Waals surface area contributed by atoms with E-state index in [9.17, 15) is 0 Å². The molecule has 140 valence electrons. The van der Waals surface area contributed by atoms with Crippen molar-refractivity contribution >= 4 is 0 Å². The Balaban J connectivity index is 1.48. The van der Waals surface area contributed by atoms with Crippen molar-refractivity contribution in [2.45, 2.75) is 59.3 Å². The maximum Gasteiger partial charge on any atom is 0.0641 e. The molecule has 0 unspecified atom stereocenters. The normalized spacial score (nSPS) is 24.1. The van der Waals surface area contributed by atoms with Crippen molar-refractivity contribution in [2.24, 2.45) is 5.92 Å². The van der Waals surface area contributed by atoms with Gasteiger partial charge in [-0.2, -0.15) is 5.10 Å². The lowest BCUT2D eigenvalue weighted by atomic mass is 9.94. The van der Waals surface area contributed by atoms with Crippen molar-refractivity contribution < 1.29 is 0 Å². The van der Waals surface area contributed by atoms with E-state index >= 15 is 0 Å². The molecule has 2 bridgehead atoms. The average Bonchev–Trinajstić information content (AvgIpc) is 2.81. The quantitative estimate of drug-likeness (QED) is 0.821. The number of benzene rings is 1. The highest BCUT2D eigenvalue weighted by molar-refractivity contribution is 5.24. The summed E-state index contributed by atoms with van der Waals surface area (Å²) in [5.74, 6) is 0.805. The predicted molar refractivity (Wildman–Crippen MR) is 106 cm³/mol. The minimum atomic E-state index is 0.682. The Morgan fingerprint density at radius 3 is 2.54 bits per heavy atom. The topological polar surface area (TPSA) is 24.3 Å². The van der Waals surface area contributed by atoms with Crippen molar-refractivity contribution in [1.82, 2.24) is 19.6 Å². The van der Waals surface area contributed by atoms with Crippen LogP contribution in [0.15, 0.2) is 30.3 Å². The van der Waals surface area contributed by atoms with Gasteiger partial charge in [-0.3, -0.25) is 14.5 Å². The number of rotatable bonds is 5. The van der Waals surface area contributed by atoms with E-state index in [2.05, 4.69) is 65.6 Å². The maximum absolute atomic E-state index is 4.73. The van der Waals surface area contributed by atoms with Gasteiger partial charge >= 0.3 is 0 Å². The molecule has 5 rings (SSSR count). The molecule has 2 atom stereocenters. The summed E-state index contributed by atoms with van der Waals surface area (Å²) in [6, 6.07) is 11.6. The third-order valence-electron chi connectivity index (χ3n) is 6.34. The second-order valence-corrected chi connectivity index (χ2v) is 8.17. The molecular formula is C22H32N4. The van der Waals surface area contributed by atoms with Crippen molar-refractivity contribution in [2.75, 3.05) is 19.6 Å². The largest absolute Gasteiger partial charge is 0.297 e. The first-order valence-corrected chi connectivity index (χ1v) is 10.2. The van der Waals surface area contributed by atoms with Gasteiger partial charge in [0.1, 0.15) is 0 Å². The van der Waals surface area contributed by atoms with E-state index in [1.165, 1.54) is 55.0 Å². The zero-order valence-electron chi connectivity index (χ0n) is 16.5. The van der Waals surface area contributed by atoms with Crippen LogP contribution in [-0.2, 0) is 19.6 Å². The highest BCUT2D eigenvalue weighted by atomic mass is 15.3. The number of hydrogen-bond acceptors (Lipinski definition) is 3. The van der Waals surface area contributed by atoms with Crippen LogP contribution in [0.3, 0.4) is 0 Å². The van der Waals surface area contributed by atoms with Crippen LogP contribution in [0.2, 0.25) is 0 Å². The van der Waals surface area contributed by atoms with Crippen LogP contribution in [0.1, 0.15) is 42.3 Å². The fourth-order valence-corrected chi connectivity index (χ4v) is 4.91. The van der Waals surface area contributed by atoms with Crippen LogP contribution >= 0.6 is 0 Å². The third kappa shape index (κ3) is 3.58. The van der Waals surface area contributed by atoms with Gasteiger partial charge in [0.25, 0.3) is 0 Å². The molecule has 0 aliphatic carbocycles. The zero-order valence-corrected chi connectivity index (χ0v) is 16.5. The summed E-state index contributed by atoms with van der Waals surface area (Å²) in [5.41, 5.74) is 5.46. The molecule has 3 saturated heterocycles. The fourth-order valence-electron chi connectivity index (χ4n) is 4.91. The van der Waals surface area contributed by atoms with Crippen molar-refractivity contribution in [3.8, 4) is 0 Å². The number of hydrogen-bond donors (Lipinski definition) is 0. The van der Waals surface area contributed by atoms with Gasteiger partial charge in [-0.1, -0.05) is 30.3 Å². The van der Waals surface area contributed by atoms with Crippen LogP contribution in [0.4, 0.5) is 0 Å². The highest BCUT2D eigenvalue weighted by Gasteiger charge is 2.35. The number of piperidine rings is 1. The lowest BCUT2D eigenvalue weighted by Gasteiger charge is -2.36. The lowest BCUT2D eigenvalue weighted by Crippen LogP contribution is -2.43. The van der Waals surface area contributed by atoms with Gasteiger partial charge in [-0.15, -0.1) is 0 Å². The standard InChI is InChI=1S/C22H32N4/c1-4-26-18(3)22(17(2)23-26)16-25-14-20-10-11-21(25)15-24(13-20)12-19-8-6-5-7-9-19/h5-9,20-21H,4,10-16H2,1-3H3/t20-,21+/m0/s1. The summed E-state index contributed by atoms with van der Waals surface area (Å²) in [6.45, 7) is 13.4. The van der Waals surface area contributed by atoms with Gasteiger partial charge in [0.05, 0.1) is 5.69 Å². The molecule has 0 spiro atoms. The Bertz CT molecular complexity index is 736. The van der Waals surface area contributed by atoms with Gasteiger partial charge < -0.3 is 0 Å². The van der Waals surface area contributed by atoms with E-state index in [1.807, 2.05) is 0 Å². The summed E-state index contributed by atoms with van der Waals surface area (Å²) in [5, 5.41) is 4.73. The summed E-state index contributed by atoms with van der Waals surface area (Å²) in [4.78, 5) is 5.43. The smallest absolute Gasteiger partial charge is 0.0641 e. The number of aryl methyl sites for hydroxylation is 2. The van der Waals surface area contributed by atoms with E-state index in [1.54, 1.807) is 0 Å². The van der Waals surface area contributed by atoms with Gasteiger partial charge in [0.15, 0.2) is 0 Å². The zero-order chi connectivity index (χ0) is 18.1. The molecule has 4 heteroatoms. The lowest BCUT2D eigenvalue weighted by molar-refractivity contribution is 0.122. The molecule has 3 aliphatic heterocycles. The van der Waals surface area contributed by atoms with E-state index in [4.69, 9.17) is 5.10 Å². The second kappa shape index (κ2) is 7.53. The Labute approximate surface area is 157 Å². The molecular weight excluding hydrogens is 320 g/mol. The summed E-state index contributed by atoms with van der Waals surface area (Å²) < 4.78 is 2.16. The Morgan fingerprint density at radius 2 is 1.81 bits per heavy atom. The maximum atomic E-state index is 4.73. The molecule has 0 saturated carbocycles. The van der Waals surface area contributed by atoms with Crippen molar-refractivity contribution in [3.63, 3.8) is 0 Å². The number of nitrogens with zero attached hydrogens (tertiary/aromatic N) is 4. The van der Waals surface area contributed by atoms with Crippen LogP contribution in [0.5, 0.6) is 0 Å². The van der Waals surface area contributed by atoms with Crippen LogP contribution < -0.4 is 0 Å². The number of aromatic nitrogens is 2. The van der Waals surface area contributed by atoms with E-state index in [0.717, 1.165) is 25.6 Å². The van der Waals surface area contributed by atoms with Crippen molar-refractivity contribution in [1.29, 1.82) is 0 Å². The summed E-state index contributed by atoms with van der Waals surface area (Å²) in [7, 11) is 0. The molecule has 2 aromatic rings. The minimum Gasteiger partial charge on any atom is -0.297 e. The molecule has 1 aromatic heterocycles. The van der Waals surface area contributed by atoms with Crippen LogP contribution in [0, 0.1) is 19.8 Å². The van der Waals surface area contributed by atoms with E-state index in [-0.39, 0.29) is 0 Å². The molecule has 3 aliphatic rings. The van der Waals surface area contributed by atoms with E-state index < -0.39 is 0 Å². The summed E-state index contributed by atoms with van der Waals surface area (Å²) in [6.07, 6.45) is 2.73. The minimum absolute atomic E-state index is 0.682. The molecule has 0 radical (unpaired) electrons. The molecule has 4 heterocycles. The molecule has 3 fully saturated rings. The monoisotopic (exact) mass is 352 g/mol. The van der Waals surface area contributed by atoms with Gasteiger partial charge in [0, 0.05) is 56.6 Å². The van der Waals surface area contributed by atoms with Gasteiger partial charge in [-0.25, -0.2) is 0 Å². The van der Waals surface area contributed by atoms with Gasteiger partial charge in [0.2, 0.25) is 0 Å². The molecule has 4 nitrogen and oxygen atoms in total. The molecule has 0 N–H and O–H groups in total. The van der Waals surface area contributed by atoms with E-state index in [0.29, 0.717) is 6.04 Å². The molecule has 1 aromatic carbocycles. The fraction of sp³-hybridized carbons (Fsp3) is 0.591. The molecule has 0 amide bonds. The van der Waals surface area contributed by atoms with Gasteiger partial charge in [-0.05, 0) is 45.1 Å². The SMILES string of the molecule is CCn1nc(C)c(CN2C[C@H]3CC[C@@H]2CN(Cc2ccccc2)C3)c1C. The van der Waals surface area contributed by atoms with Crippen molar-refractivity contribution in [3.05, 3.63) is 52.8 Å².